The molecule has 0 amide bonds. The monoisotopic (exact) mass is 1440 g/mol. The third-order valence-corrected chi connectivity index (χ3v) is 19.6. The van der Waals surface area contributed by atoms with Crippen LogP contribution in [0.3, 0.4) is 0 Å². The van der Waals surface area contributed by atoms with Crippen molar-refractivity contribution in [2.24, 2.45) is 23.7 Å². The third kappa shape index (κ3) is 14.8. The van der Waals surface area contributed by atoms with Gasteiger partial charge in [-0.05, 0) is 95.8 Å². The van der Waals surface area contributed by atoms with Gasteiger partial charge in [-0.15, -0.1) is 0 Å². The van der Waals surface area contributed by atoms with Crippen molar-refractivity contribution in [2.75, 3.05) is 95.4 Å². The van der Waals surface area contributed by atoms with Crippen molar-refractivity contribution in [3.63, 3.8) is 0 Å². The van der Waals surface area contributed by atoms with E-state index in [9.17, 15) is 48.9 Å². The maximum absolute atomic E-state index is 13.6. The van der Waals surface area contributed by atoms with Gasteiger partial charge in [0.15, 0.2) is 92.1 Å². The van der Waals surface area contributed by atoms with Crippen LogP contribution in [-0.4, -0.2) is 202 Å². The Hall–Kier alpha value is -4.36. The standard InChI is InChI=1S/C32H39O15P.C30H35O17P.2Na/c1-14-39-11-23-30(45-14)26(33)27(34)32(46-23)47-28-17-9-20-19(41-12-42-20)8-16(17)24(25-18(28)10-40-31(25)35)15-6-21(37-2)29(22(7-15)38-3)43-13-44-48(4,5)36;1-12-39-9-21-28(45-12)24(31)25(32)30(46-21)47-26-15-7-18-17(41-10-42-18)6-14(15)22(23-16(26)8-40-29(23)33)13-4-19(37-2)27(20(5-13)38-3)43-11-44-48(34,35)36;;/h6-9,14,18,23-28,30,32-34H,10-13H2,1-5H3;4-7,12,16,21-26,28,30-32H,8-11H2,1-3H3,(H2,34,35,36);;/q;;2*+1/p-2/t14?,18-,23+,24+,25-,26?,27?,28?,30?,32?;12?,16-,21+,22+,23-,24?,25?,26?,28?,30?;;/m00../s1. The summed E-state index contributed by atoms with van der Waals surface area (Å²) in [6.45, 7) is 5.33. The largest absolute Gasteiger partial charge is 1.00 e. The number of hydrogen-bond acceptors (Lipinski definition) is 32. The summed E-state index contributed by atoms with van der Waals surface area (Å²) in [5, 5.41) is 44.2. The van der Waals surface area contributed by atoms with Gasteiger partial charge in [0.05, 0.1) is 86.7 Å². The molecule has 4 N–H and O–H groups in total. The summed E-state index contributed by atoms with van der Waals surface area (Å²) in [6, 6.07) is 13.8. The molecular weight excluding hydrogens is 1360 g/mol. The van der Waals surface area contributed by atoms with Crippen LogP contribution in [0.4, 0.5) is 0 Å². The molecule has 12 unspecified atom stereocenters. The van der Waals surface area contributed by atoms with E-state index in [-0.39, 0.29) is 129 Å². The summed E-state index contributed by atoms with van der Waals surface area (Å²) >= 11 is 0. The summed E-state index contributed by atoms with van der Waals surface area (Å²) in [5.74, 6) is -2.16. The Labute approximate surface area is 605 Å². The number of esters is 2. The molecule has 4 aromatic carbocycles. The molecule has 0 radical (unpaired) electrons. The molecule has 0 spiro atoms. The van der Waals surface area contributed by atoms with Crippen LogP contribution in [0.5, 0.6) is 57.5 Å². The van der Waals surface area contributed by atoms with Gasteiger partial charge in [-0.25, -0.2) is 0 Å². The molecule has 6 fully saturated rings. The summed E-state index contributed by atoms with van der Waals surface area (Å²) in [4.78, 5) is 49.1. The Balaban J connectivity index is 0.000000194. The molecule has 14 rings (SSSR count). The topological polar surface area (TPSA) is 398 Å². The van der Waals surface area contributed by atoms with Crippen LogP contribution in [0, 0.1) is 23.7 Å². The molecule has 2 aliphatic carbocycles. The van der Waals surface area contributed by atoms with Crippen LogP contribution in [0.2, 0.25) is 0 Å². The number of phosphoric acid groups is 1. The smallest absolute Gasteiger partial charge is 0.790 e. The second-order valence-corrected chi connectivity index (χ2v) is 28.3. The average Bonchev–Trinajstić information content (AvgIpc) is 1.41. The minimum absolute atomic E-state index is 0. The number of methoxy groups -OCH3 is 4. The first-order chi connectivity index (χ1) is 45.9. The normalized spacial score (nSPS) is 33.0. The molecule has 8 aliphatic heterocycles. The predicted molar refractivity (Wildman–Crippen MR) is 314 cm³/mol. The van der Waals surface area contributed by atoms with Crippen molar-refractivity contribution in [2.45, 2.75) is 112 Å². The first kappa shape index (κ1) is 74.8. The summed E-state index contributed by atoms with van der Waals surface area (Å²) < 4.78 is 148. The molecule has 0 bridgehead atoms. The maximum Gasteiger partial charge on any atom is 1.00 e. The van der Waals surface area contributed by atoms with Crippen LogP contribution in [-0.2, 0) is 75.1 Å². The molecule has 32 nitrogen and oxygen atoms in total. The van der Waals surface area contributed by atoms with Crippen LogP contribution in [0.1, 0.15) is 71.3 Å². The fraction of sp³-hybridized carbons (Fsp3) is 0.581. The van der Waals surface area contributed by atoms with Crippen LogP contribution in [0.25, 0.3) is 0 Å². The zero-order valence-electron chi connectivity index (χ0n) is 54.9. The summed E-state index contributed by atoms with van der Waals surface area (Å²) in [7, 11) is -2.51. The van der Waals surface area contributed by atoms with E-state index in [0.29, 0.717) is 67.9 Å². The molecule has 8 heterocycles. The van der Waals surface area contributed by atoms with Gasteiger partial charge in [0, 0.05) is 37.0 Å². The second-order valence-electron chi connectivity index (χ2n) is 24.4. The molecule has 0 aromatic heterocycles. The fourth-order valence-corrected chi connectivity index (χ4v) is 14.6. The van der Waals surface area contributed by atoms with Crippen molar-refractivity contribution >= 4 is 27.1 Å². The molecular formula is C62H72Na2O32P2. The first-order valence-corrected chi connectivity index (χ1v) is 34.6. The first-order valence-electron chi connectivity index (χ1n) is 30.7. The molecule has 4 aromatic rings. The Kier molecular flexibility index (Phi) is 23.3. The van der Waals surface area contributed by atoms with E-state index < -0.39 is 156 Å². The van der Waals surface area contributed by atoms with Gasteiger partial charge in [0.2, 0.25) is 25.1 Å². The van der Waals surface area contributed by atoms with Gasteiger partial charge >= 0.3 is 71.1 Å². The van der Waals surface area contributed by atoms with E-state index in [1.807, 2.05) is 6.07 Å². The third-order valence-electron chi connectivity index (χ3n) is 18.4. The van der Waals surface area contributed by atoms with Crippen molar-refractivity contribution in [3.05, 3.63) is 81.9 Å². The minimum Gasteiger partial charge on any atom is -0.790 e. The van der Waals surface area contributed by atoms with E-state index in [0.717, 1.165) is 0 Å². The van der Waals surface area contributed by atoms with Gasteiger partial charge in [0.25, 0.3) is 0 Å². The molecule has 36 heteroatoms. The van der Waals surface area contributed by atoms with Crippen LogP contribution >= 0.6 is 15.2 Å². The molecule has 98 heavy (non-hydrogen) atoms. The fourth-order valence-electron chi connectivity index (χ4n) is 14.1. The van der Waals surface area contributed by atoms with Crippen molar-refractivity contribution < 1.29 is 212 Å². The second kappa shape index (κ2) is 30.5. The zero-order valence-corrected chi connectivity index (χ0v) is 60.7. The molecule has 0 saturated carbocycles. The van der Waals surface area contributed by atoms with E-state index in [2.05, 4.69) is 4.52 Å². The number of carbonyl (C=O) groups is 2. The number of fused-ring (bicyclic) bond motifs is 8. The average molecular weight is 1440 g/mol. The number of ether oxygens (including phenoxy) is 20. The Morgan fingerprint density at radius 1 is 0.490 bits per heavy atom. The SMILES string of the molecule is COc1cc([C@@H]2c3cc4c(cc3C(OC3O[C@@H]5COC(C)OC5C(O)C3O)[C@H]3COC(=O)[C@H]23)OCO4)cc(OC)c1OCOP(=O)([O-])[O-].COc1cc([C@@H]2c3cc4c(cc3C(OC3O[C@@H]5COC(C)OC5C(O)C3O)[C@H]3COC(=O)[C@H]23)OCO4)cc(OC)c1OCOP(C)(C)=O.[Na+].[Na+]. The Bertz CT molecular complexity index is 3380. The number of hydrogen-bond donors (Lipinski definition) is 4. The summed E-state index contributed by atoms with van der Waals surface area (Å²) in [5.41, 5.74) is 3.72. The van der Waals surface area contributed by atoms with Crippen molar-refractivity contribution in [1.82, 2.24) is 0 Å². The van der Waals surface area contributed by atoms with Crippen LogP contribution in [0.15, 0.2) is 48.5 Å². The number of phosphoric ester groups is 1. The Morgan fingerprint density at radius 3 is 1.19 bits per heavy atom. The minimum atomic E-state index is -5.32. The number of aliphatic hydroxyl groups excluding tert-OH is 4. The van der Waals surface area contributed by atoms with Crippen molar-refractivity contribution in [1.29, 1.82) is 0 Å². The zero-order chi connectivity index (χ0) is 67.8. The van der Waals surface area contributed by atoms with Gasteiger partial charge < -0.3 is 134 Å². The van der Waals surface area contributed by atoms with Gasteiger partial charge in [-0.3, -0.25) is 18.7 Å². The summed E-state index contributed by atoms with van der Waals surface area (Å²) in [6.07, 6.45) is -14.1. The Morgan fingerprint density at radius 2 is 0.847 bits per heavy atom. The quantitative estimate of drug-likeness (QED) is 0.0323. The van der Waals surface area contributed by atoms with Crippen LogP contribution < -0.4 is 116 Å². The van der Waals surface area contributed by atoms with Gasteiger partial charge in [-0.2, -0.15) is 0 Å². The van der Waals surface area contributed by atoms with E-state index >= 15 is 0 Å². The van der Waals surface area contributed by atoms with E-state index in [1.165, 1.54) is 41.8 Å². The molecule has 10 aliphatic rings. The van der Waals surface area contributed by atoms with Crippen molar-refractivity contribution in [3.8, 4) is 57.5 Å². The van der Waals surface area contributed by atoms with E-state index in [4.69, 9.17) is 99.3 Å². The predicted octanol–water partition coefficient (Wildman–Crippen LogP) is -3.65. The number of benzene rings is 4. The number of aliphatic hydroxyl groups is 4. The molecule has 524 valence electrons. The molecule has 20 atom stereocenters. The number of cyclic esters (lactones) is 2. The van der Waals surface area contributed by atoms with Gasteiger partial charge in [-0.1, -0.05) is 0 Å². The van der Waals surface area contributed by atoms with E-state index in [1.54, 1.807) is 56.3 Å². The number of rotatable bonds is 18. The molecule has 6 saturated heterocycles. The van der Waals surface area contributed by atoms with Gasteiger partial charge in [0.1, 0.15) is 48.8 Å². The number of carbonyl (C=O) groups excluding carboxylic acids is 2. The maximum atomic E-state index is 13.6.